The molecular formula is C22H25N3O3S. The first-order valence-electron chi connectivity index (χ1n) is 10.1. The zero-order valence-corrected chi connectivity index (χ0v) is 17.1. The summed E-state index contributed by atoms with van der Waals surface area (Å²) < 4.78 is 5.27. The van der Waals surface area contributed by atoms with Crippen LogP contribution in [0.2, 0.25) is 0 Å². The Balaban J connectivity index is 1.29. The van der Waals surface area contributed by atoms with Crippen LogP contribution in [0, 0.1) is 0 Å². The standard InChI is InChI=1S/C22H25N3O3S/c26-20(25(18-11-12-18)17-9-5-2-6-10-17)14-28-21(27)19-15-29-22(24-19)23-13-16-7-3-1-4-8-16/h1,3-4,7-9,15,18H,2,5-6,10-14H2,(H,23,24). The van der Waals surface area contributed by atoms with Gasteiger partial charge >= 0.3 is 5.97 Å². The number of ether oxygens (including phenoxy) is 1. The van der Waals surface area contributed by atoms with Crippen LogP contribution in [0.5, 0.6) is 0 Å². The monoisotopic (exact) mass is 411 g/mol. The van der Waals surface area contributed by atoms with Gasteiger partial charge < -0.3 is 15.0 Å². The number of amides is 1. The second kappa shape index (κ2) is 9.22. The molecule has 0 saturated heterocycles. The van der Waals surface area contributed by atoms with Crippen LogP contribution in [0.25, 0.3) is 0 Å². The van der Waals surface area contributed by atoms with Gasteiger partial charge in [0.25, 0.3) is 5.91 Å². The first-order valence-corrected chi connectivity index (χ1v) is 11.0. The van der Waals surface area contributed by atoms with E-state index in [1.54, 1.807) is 5.38 Å². The lowest BCUT2D eigenvalue weighted by Gasteiger charge is -2.27. The van der Waals surface area contributed by atoms with E-state index >= 15 is 0 Å². The van der Waals surface area contributed by atoms with Gasteiger partial charge in [0.1, 0.15) is 0 Å². The third-order valence-corrected chi connectivity index (χ3v) is 5.88. The molecule has 0 unspecified atom stereocenters. The maximum atomic E-state index is 12.7. The highest BCUT2D eigenvalue weighted by Crippen LogP contribution is 2.33. The van der Waals surface area contributed by atoms with E-state index in [0.29, 0.717) is 11.7 Å². The third kappa shape index (κ3) is 5.23. The number of hydrogen-bond acceptors (Lipinski definition) is 6. The minimum absolute atomic E-state index is 0.133. The van der Waals surface area contributed by atoms with Gasteiger partial charge in [-0.3, -0.25) is 4.79 Å². The second-order valence-electron chi connectivity index (χ2n) is 7.39. The lowest BCUT2D eigenvalue weighted by atomic mass is 10.0. The summed E-state index contributed by atoms with van der Waals surface area (Å²) >= 11 is 1.35. The molecule has 1 fully saturated rings. The second-order valence-corrected chi connectivity index (χ2v) is 8.25. The predicted molar refractivity (Wildman–Crippen MR) is 113 cm³/mol. The fraction of sp³-hybridized carbons (Fsp3) is 0.409. The van der Waals surface area contributed by atoms with E-state index in [9.17, 15) is 9.59 Å². The fourth-order valence-electron chi connectivity index (χ4n) is 3.46. The number of carbonyl (C=O) groups excluding carboxylic acids is 2. The minimum atomic E-state index is -0.560. The number of nitrogens with zero attached hydrogens (tertiary/aromatic N) is 2. The zero-order chi connectivity index (χ0) is 20.1. The predicted octanol–water partition coefficient (Wildman–Crippen LogP) is 4.36. The number of hydrogen-bond donors (Lipinski definition) is 1. The molecule has 1 aromatic carbocycles. The van der Waals surface area contributed by atoms with Crippen molar-refractivity contribution in [3.8, 4) is 0 Å². The van der Waals surface area contributed by atoms with Crippen molar-refractivity contribution in [3.05, 3.63) is 58.7 Å². The van der Waals surface area contributed by atoms with Crippen LogP contribution >= 0.6 is 11.3 Å². The molecule has 4 rings (SSSR count). The number of rotatable bonds is 8. The lowest BCUT2D eigenvalue weighted by Crippen LogP contribution is -2.36. The number of thiazole rings is 1. The van der Waals surface area contributed by atoms with E-state index in [2.05, 4.69) is 16.4 Å². The van der Waals surface area contributed by atoms with Crippen molar-refractivity contribution < 1.29 is 14.3 Å². The molecule has 1 saturated carbocycles. The molecule has 1 aromatic heterocycles. The van der Waals surface area contributed by atoms with Crippen LogP contribution in [-0.4, -0.2) is 34.4 Å². The molecule has 0 aliphatic heterocycles. The molecule has 29 heavy (non-hydrogen) atoms. The topological polar surface area (TPSA) is 71.5 Å². The van der Waals surface area contributed by atoms with Gasteiger partial charge in [0.2, 0.25) is 0 Å². The molecule has 2 aliphatic carbocycles. The smallest absolute Gasteiger partial charge is 0.358 e. The summed E-state index contributed by atoms with van der Waals surface area (Å²) in [4.78, 5) is 31.2. The quantitative estimate of drug-likeness (QED) is 0.654. The highest BCUT2D eigenvalue weighted by atomic mass is 32.1. The number of anilines is 1. The maximum absolute atomic E-state index is 12.7. The SMILES string of the molecule is O=C(OCC(=O)N(C1=CCCCC1)C1CC1)c1csc(NCc2ccccc2)n1. The van der Waals surface area contributed by atoms with Gasteiger partial charge in [-0.1, -0.05) is 36.4 Å². The fourth-order valence-corrected chi connectivity index (χ4v) is 4.14. The van der Waals surface area contributed by atoms with Crippen LogP contribution in [-0.2, 0) is 16.1 Å². The Bertz CT molecular complexity index is 890. The third-order valence-electron chi connectivity index (χ3n) is 5.08. The maximum Gasteiger partial charge on any atom is 0.358 e. The molecule has 0 bridgehead atoms. The van der Waals surface area contributed by atoms with E-state index in [-0.39, 0.29) is 24.2 Å². The van der Waals surface area contributed by atoms with Gasteiger partial charge in [0, 0.05) is 23.7 Å². The molecule has 6 nitrogen and oxygen atoms in total. The molecule has 2 aromatic rings. The van der Waals surface area contributed by atoms with Crippen LogP contribution < -0.4 is 5.32 Å². The summed E-state index contributed by atoms with van der Waals surface area (Å²) in [6.07, 6.45) is 8.45. The van der Waals surface area contributed by atoms with Crippen molar-refractivity contribution in [1.29, 1.82) is 0 Å². The average molecular weight is 412 g/mol. The Morgan fingerprint density at radius 3 is 2.76 bits per heavy atom. The van der Waals surface area contributed by atoms with Crippen molar-refractivity contribution in [1.82, 2.24) is 9.88 Å². The van der Waals surface area contributed by atoms with Crippen molar-refractivity contribution in [2.75, 3.05) is 11.9 Å². The van der Waals surface area contributed by atoms with E-state index in [0.717, 1.165) is 43.4 Å². The first kappa shape index (κ1) is 19.6. The van der Waals surface area contributed by atoms with Crippen molar-refractivity contribution in [2.24, 2.45) is 0 Å². The molecule has 2 aliphatic rings. The van der Waals surface area contributed by atoms with Gasteiger partial charge in [-0.15, -0.1) is 11.3 Å². The summed E-state index contributed by atoms with van der Waals surface area (Å²) in [5, 5.41) is 5.51. The zero-order valence-electron chi connectivity index (χ0n) is 16.3. The Kier molecular flexibility index (Phi) is 6.24. The highest BCUT2D eigenvalue weighted by molar-refractivity contribution is 7.13. The van der Waals surface area contributed by atoms with Crippen LogP contribution in [0.1, 0.15) is 54.6 Å². The van der Waals surface area contributed by atoms with E-state index < -0.39 is 5.97 Å². The lowest BCUT2D eigenvalue weighted by molar-refractivity contribution is -0.133. The molecule has 0 atom stereocenters. The van der Waals surface area contributed by atoms with Crippen molar-refractivity contribution in [2.45, 2.75) is 51.1 Å². The van der Waals surface area contributed by atoms with Gasteiger partial charge in [-0.05, 0) is 44.1 Å². The summed E-state index contributed by atoms with van der Waals surface area (Å²) in [6, 6.07) is 10.2. The largest absolute Gasteiger partial charge is 0.451 e. The van der Waals surface area contributed by atoms with Gasteiger partial charge in [0.15, 0.2) is 17.4 Å². The Morgan fingerprint density at radius 1 is 1.21 bits per heavy atom. The number of aromatic nitrogens is 1. The Hall–Kier alpha value is -2.67. The minimum Gasteiger partial charge on any atom is -0.451 e. The van der Waals surface area contributed by atoms with Crippen molar-refractivity contribution in [3.63, 3.8) is 0 Å². The summed E-state index contributed by atoms with van der Waals surface area (Å²) in [6.45, 7) is 0.393. The highest BCUT2D eigenvalue weighted by Gasteiger charge is 2.35. The molecule has 1 N–H and O–H groups in total. The van der Waals surface area contributed by atoms with Gasteiger partial charge in [-0.25, -0.2) is 9.78 Å². The number of benzene rings is 1. The molecule has 1 amide bonds. The van der Waals surface area contributed by atoms with Crippen LogP contribution in [0.15, 0.2) is 47.5 Å². The van der Waals surface area contributed by atoms with Crippen LogP contribution in [0.4, 0.5) is 5.13 Å². The number of carbonyl (C=O) groups is 2. The van der Waals surface area contributed by atoms with E-state index in [1.165, 1.54) is 17.8 Å². The molecular weight excluding hydrogens is 386 g/mol. The molecule has 7 heteroatoms. The van der Waals surface area contributed by atoms with Gasteiger partial charge in [0.05, 0.1) is 0 Å². The van der Waals surface area contributed by atoms with Crippen molar-refractivity contribution >= 4 is 28.3 Å². The first-order chi connectivity index (χ1) is 14.2. The molecule has 0 spiro atoms. The Morgan fingerprint density at radius 2 is 2.03 bits per heavy atom. The number of esters is 1. The normalized spacial score (nSPS) is 16.1. The van der Waals surface area contributed by atoms with Crippen LogP contribution in [0.3, 0.4) is 0 Å². The number of allylic oxidation sites excluding steroid dienone is 2. The summed E-state index contributed by atoms with van der Waals surface area (Å²) in [7, 11) is 0. The molecule has 1 heterocycles. The number of nitrogens with one attached hydrogen (secondary N) is 1. The molecule has 152 valence electrons. The summed E-state index contributed by atoms with van der Waals surface area (Å²) in [5.74, 6) is -0.692. The molecule has 0 radical (unpaired) electrons. The van der Waals surface area contributed by atoms with E-state index in [1.807, 2.05) is 35.2 Å². The summed E-state index contributed by atoms with van der Waals surface area (Å²) in [5.41, 5.74) is 2.46. The van der Waals surface area contributed by atoms with Gasteiger partial charge in [-0.2, -0.15) is 0 Å². The Labute approximate surface area is 174 Å². The van der Waals surface area contributed by atoms with E-state index in [4.69, 9.17) is 4.74 Å². The average Bonchev–Trinajstić information content (AvgIpc) is 3.47.